The van der Waals surface area contributed by atoms with Gasteiger partial charge in [-0.2, -0.15) is 10.2 Å². The monoisotopic (exact) mass is 242 g/mol. The van der Waals surface area contributed by atoms with E-state index in [0.29, 0.717) is 13.0 Å². The van der Waals surface area contributed by atoms with Gasteiger partial charge in [-0.05, 0) is 12.5 Å². The lowest BCUT2D eigenvalue weighted by Gasteiger charge is -2.24. The molecule has 0 aliphatic carbocycles. The number of nitrogens with one attached hydrogen (secondary N) is 2. The normalized spacial score (nSPS) is 19.6. The van der Waals surface area contributed by atoms with Gasteiger partial charge in [0, 0.05) is 24.4 Å². The van der Waals surface area contributed by atoms with E-state index >= 15 is 0 Å². The lowest BCUT2D eigenvalue weighted by Crippen LogP contribution is -2.41. The highest BCUT2D eigenvalue weighted by atomic mass is 16.1. The van der Waals surface area contributed by atoms with Crippen LogP contribution in [0.25, 0.3) is 10.9 Å². The fourth-order valence-corrected chi connectivity index (χ4v) is 2.20. The number of fused-ring (bicyclic) bond motifs is 1. The average Bonchev–Trinajstić information content (AvgIpc) is 2.42. The number of hydrogen-bond donors (Lipinski definition) is 2. The third kappa shape index (κ3) is 2.11. The Labute approximate surface area is 105 Å². The molecule has 1 atom stereocenters. The Bertz CT molecular complexity index is 569. The second-order valence-electron chi connectivity index (χ2n) is 4.46. The van der Waals surface area contributed by atoms with E-state index in [1.807, 2.05) is 24.3 Å². The van der Waals surface area contributed by atoms with Crippen molar-refractivity contribution < 1.29 is 4.79 Å². The van der Waals surface area contributed by atoms with Gasteiger partial charge in [0.25, 0.3) is 0 Å². The highest BCUT2D eigenvalue weighted by Gasteiger charge is 2.18. The van der Waals surface area contributed by atoms with Crippen LogP contribution in [0.4, 0.5) is 5.69 Å². The second kappa shape index (κ2) is 4.60. The number of hydrogen-bond acceptors (Lipinski definition) is 4. The standard InChI is InChI=1S/C13H14N4O/c18-13-6-5-9(7-14-13)16-12-8-15-17-11-4-2-1-3-10(11)12/h1-4,8-9H,5-7H2,(H,14,18)(H,16,17). The predicted octanol–water partition coefficient (Wildman–Crippen LogP) is 1.32. The highest BCUT2D eigenvalue weighted by molar-refractivity contribution is 5.90. The Morgan fingerprint density at radius 1 is 1.33 bits per heavy atom. The summed E-state index contributed by atoms with van der Waals surface area (Å²) in [6.45, 7) is 0.662. The number of anilines is 1. The second-order valence-corrected chi connectivity index (χ2v) is 4.46. The van der Waals surface area contributed by atoms with Crippen molar-refractivity contribution in [2.24, 2.45) is 0 Å². The van der Waals surface area contributed by atoms with Crippen LogP contribution in [0.2, 0.25) is 0 Å². The molecule has 5 heteroatoms. The summed E-state index contributed by atoms with van der Waals surface area (Å²) >= 11 is 0. The van der Waals surface area contributed by atoms with Gasteiger partial charge in [0.1, 0.15) is 0 Å². The fraction of sp³-hybridized carbons (Fsp3) is 0.308. The molecule has 5 nitrogen and oxygen atoms in total. The van der Waals surface area contributed by atoms with E-state index < -0.39 is 0 Å². The van der Waals surface area contributed by atoms with E-state index in [2.05, 4.69) is 20.8 Å². The zero-order valence-corrected chi connectivity index (χ0v) is 9.89. The molecular formula is C13H14N4O. The number of rotatable bonds is 2. The van der Waals surface area contributed by atoms with Gasteiger partial charge in [-0.3, -0.25) is 4.79 Å². The van der Waals surface area contributed by atoms with Crippen LogP contribution in [0.15, 0.2) is 30.5 Å². The minimum absolute atomic E-state index is 0.130. The summed E-state index contributed by atoms with van der Waals surface area (Å²) in [5.74, 6) is 0.130. The fourth-order valence-electron chi connectivity index (χ4n) is 2.20. The Morgan fingerprint density at radius 3 is 3.06 bits per heavy atom. The molecular weight excluding hydrogens is 228 g/mol. The van der Waals surface area contributed by atoms with Crippen LogP contribution in [-0.4, -0.2) is 28.7 Å². The largest absolute Gasteiger partial charge is 0.379 e. The molecule has 3 rings (SSSR count). The van der Waals surface area contributed by atoms with Crippen LogP contribution in [0.3, 0.4) is 0 Å². The molecule has 1 aliphatic rings. The zero-order chi connectivity index (χ0) is 12.4. The first-order valence-corrected chi connectivity index (χ1v) is 6.06. The zero-order valence-electron chi connectivity index (χ0n) is 9.89. The van der Waals surface area contributed by atoms with Crippen molar-refractivity contribution in [3.05, 3.63) is 30.5 Å². The quantitative estimate of drug-likeness (QED) is 0.833. The number of piperidine rings is 1. The van der Waals surface area contributed by atoms with Crippen molar-refractivity contribution in [1.82, 2.24) is 15.5 Å². The van der Waals surface area contributed by atoms with Gasteiger partial charge >= 0.3 is 0 Å². The molecule has 1 fully saturated rings. The van der Waals surface area contributed by atoms with Gasteiger partial charge < -0.3 is 10.6 Å². The minimum atomic E-state index is 0.130. The third-order valence-electron chi connectivity index (χ3n) is 3.17. The Hall–Kier alpha value is -2.17. The molecule has 92 valence electrons. The maximum absolute atomic E-state index is 11.1. The molecule has 1 aromatic carbocycles. The van der Waals surface area contributed by atoms with Gasteiger partial charge in [0.05, 0.1) is 17.4 Å². The van der Waals surface area contributed by atoms with Crippen molar-refractivity contribution in [2.45, 2.75) is 18.9 Å². The molecule has 18 heavy (non-hydrogen) atoms. The number of carbonyl (C=O) groups is 1. The molecule has 1 saturated heterocycles. The smallest absolute Gasteiger partial charge is 0.220 e. The molecule has 0 bridgehead atoms. The van der Waals surface area contributed by atoms with E-state index in [0.717, 1.165) is 23.0 Å². The lowest BCUT2D eigenvalue weighted by atomic mass is 10.1. The molecule has 1 aliphatic heterocycles. The predicted molar refractivity (Wildman–Crippen MR) is 69.2 cm³/mol. The average molecular weight is 242 g/mol. The van der Waals surface area contributed by atoms with Crippen molar-refractivity contribution in [3.63, 3.8) is 0 Å². The Morgan fingerprint density at radius 2 is 2.22 bits per heavy atom. The number of carbonyl (C=O) groups excluding carboxylic acids is 1. The van der Waals surface area contributed by atoms with Crippen LogP contribution >= 0.6 is 0 Å². The molecule has 2 aromatic rings. The lowest BCUT2D eigenvalue weighted by molar-refractivity contribution is -0.122. The van der Waals surface area contributed by atoms with E-state index in [1.165, 1.54) is 0 Å². The Balaban J connectivity index is 1.84. The van der Waals surface area contributed by atoms with Crippen LogP contribution in [-0.2, 0) is 4.79 Å². The van der Waals surface area contributed by atoms with Crippen LogP contribution in [0, 0.1) is 0 Å². The highest BCUT2D eigenvalue weighted by Crippen LogP contribution is 2.21. The summed E-state index contributed by atoms with van der Waals surface area (Å²) in [6, 6.07) is 8.15. The van der Waals surface area contributed by atoms with Crippen LogP contribution < -0.4 is 10.6 Å². The molecule has 0 saturated carbocycles. The van der Waals surface area contributed by atoms with Gasteiger partial charge in [0.15, 0.2) is 0 Å². The summed E-state index contributed by atoms with van der Waals surface area (Å²) in [4.78, 5) is 11.1. The molecule has 1 amide bonds. The van der Waals surface area contributed by atoms with E-state index in [-0.39, 0.29) is 11.9 Å². The van der Waals surface area contributed by atoms with Crippen molar-refractivity contribution in [3.8, 4) is 0 Å². The number of nitrogens with zero attached hydrogens (tertiary/aromatic N) is 2. The topological polar surface area (TPSA) is 66.9 Å². The van der Waals surface area contributed by atoms with E-state index in [4.69, 9.17) is 0 Å². The molecule has 0 radical (unpaired) electrons. The van der Waals surface area contributed by atoms with Crippen molar-refractivity contribution in [2.75, 3.05) is 11.9 Å². The van der Waals surface area contributed by atoms with Gasteiger partial charge in [-0.15, -0.1) is 0 Å². The Kier molecular flexibility index (Phi) is 2.80. The molecule has 1 aromatic heterocycles. The summed E-state index contributed by atoms with van der Waals surface area (Å²) in [6.07, 6.45) is 3.16. The minimum Gasteiger partial charge on any atom is -0.379 e. The van der Waals surface area contributed by atoms with Crippen LogP contribution in [0.5, 0.6) is 0 Å². The summed E-state index contributed by atoms with van der Waals surface area (Å²) < 4.78 is 0. The first kappa shape index (κ1) is 11.0. The molecule has 2 heterocycles. The maximum atomic E-state index is 11.1. The summed E-state index contributed by atoms with van der Waals surface area (Å²) in [7, 11) is 0. The van der Waals surface area contributed by atoms with E-state index in [9.17, 15) is 4.79 Å². The van der Waals surface area contributed by atoms with Crippen molar-refractivity contribution >= 4 is 22.5 Å². The summed E-state index contributed by atoms with van der Waals surface area (Å²) in [5, 5.41) is 15.4. The molecule has 2 N–H and O–H groups in total. The van der Waals surface area contributed by atoms with Gasteiger partial charge in [-0.25, -0.2) is 0 Å². The van der Waals surface area contributed by atoms with Gasteiger partial charge in [0.2, 0.25) is 5.91 Å². The molecule has 0 spiro atoms. The van der Waals surface area contributed by atoms with E-state index in [1.54, 1.807) is 6.20 Å². The first-order chi connectivity index (χ1) is 8.83. The summed E-state index contributed by atoms with van der Waals surface area (Å²) in [5.41, 5.74) is 1.85. The number of amides is 1. The SMILES string of the molecule is O=C1CCC(Nc2cnnc3ccccc23)CN1. The molecule has 1 unspecified atom stereocenters. The first-order valence-electron chi connectivity index (χ1n) is 6.06. The maximum Gasteiger partial charge on any atom is 0.220 e. The third-order valence-corrected chi connectivity index (χ3v) is 3.17. The number of aromatic nitrogens is 2. The number of benzene rings is 1. The van der Waals surface area contributed by atoms with Crippen molar-refractivity contribution in [1.29, 1.82) is 0 Å². The van der Waals surface area contributed by atoms with Gasteiger partial charge in [-0.1, -0.05) is 18.2 Å². The van der Waals surface area contributed by atoms with Crippen LogP contribution in [0.1, 0.15) is 12.8 Å².